The van der Waals surface area contributed by atoms with E-state index in [-0.39, 0.29) is 17.7 Å². The second kappa shape index (κ2) is 11.5. The second-order valence-electron chi connectivity index (χ2n) is 9.35. The Balaban J connectivity index is 1.46. The minimum atomic E-state index is -0.259. The van der Waals surface area contributed by atoms with Gasteiger partial charge in [-0.3, -0.25) is 9.69 Å². The van der Waals surface area contributed by atoms with Crippen molar-refractivity contribution in [1.82, 2.24) is 25.0 Å². The van der Waals surface area contributed by atoms with Gasteiger partial charge in [0.1, 0.15) is 23.9 Å². The molecule has 3 heterocycles. The van der Waals surface area contributed by atoms with Crippen molar-refractivity contribution in [3.05, 3.63) is 65.1 Å². The zero-order chi connectivity index (χ0) is 24.8. The number of nitrogens with zero attached hydrogens (tertiary/aromatic N) is 4. The molecule has 0 unspecified atom stereocenters. The lowest BCUT2D eigenvalue weighted by Crippen LogP contribution is -2.32. The van der Waals surface area contributed by atoms with E-state index in [1.165, 1.54) is 5.56 Å². The van der Waals surface area contributed by atoms with Gasteiger partial charge in [0.25, 0.3) is 5.91 Å². The fourth-order valence-electron chi connectivity index (χ4n) is 4.44. The van der Waals surface area contributed by atoms with Crippen LogP contribution in [0.4, 0.5) is 0 Å². The first kappa shape index (κ1) is 24.9. The van der Waals surface area contributed by atoms with Crippen molar-refractivity contribution in [3.63, 3.8) is 0 Å². The molecule has 1 aromatic carbocycles. The van der Waals surface area contributed by atoms with Gasteiger partial charge in [-0.2, -0.15) is 0 Å². The third-order valence-corrected chi connectivity index (χ3v) is 6.21. The number of rotatable bonds is 10. The zero-order valence-electron chi connectivity index (χ0n) is 21.0. The molecule has 0 spiro atoms. The first-order valence-electron chi connectivity index (χ1n) is 12.1. The molecular weight excluding hydrogens is 446 g/mol. The number of carbonyl (C=O) groups excluding carboxylic acids is 1. The predicted molar refractivity (Wildman–Crippen MR) is 131 cm³/mol. The number of fused-ring (bicyclic) bond motifs is 1. The van der Waals surface area contributed by atoms with Crippen molar-refractivity contribution in [3.8, 4) is 5.75 Å². The number of methoxy groups -OCH3 is 2. The van der Waals surface area contributed by atoms with E-state index in [4.69, 9.17) is 13.9 Å². The molecule has 1 amide bonds. The van der Waals surface area contributed by atoms with E-state index >= 15 is 0 Å². The fraction of sp³-hybridized carbons (Fsp3) is 0.500. The molecule has 188 valence electrons. The van der Waals surface area contributed by atoms with Crippen LogP contribution in [0.25, 0.3) is 0 Å². The molecule has 1 atom stereocenters. The lowest BCUT2D eigenvalue weighted by atomic mass is 10.0. The standard InChI is InChI=1S/C26H35N5O4/c1-18(2)15-22(27-26(32)23-10-9-21(35-23)17-33-3)25-29-28-24-11-12-30(13-14-31(24)25)16-19-5-7-20(34-4)8-6-19/h5-10,18,22H,11-17H2,1-4H3,(H,27,32)/t22-/m1/s1. The summed E-state index contributed by atoms with van der Waals surface area (Å²) in [4.78, 5) is 15.4. The Labute approximate surface area is 206 Å². The summed E-state index contributed by atoms with van der Waals surface area (Å²) < 4.78 is 18.2. The van der Waals surface area contributed by atoms with Crippen LogP contribution in [0.5, 0.6) is 5.75 Å². The van der Waals surface area contributed by atoms with Gasteiger partial charge in [-0.25, -0.2) is 0 Å². The van der Waals surface area contributed by atoms with Crippen LogP contribution in [0, 0.1) is 5.92 Å². The molecular formula is C26H35N5O4. The summed E-state index contributed by atoms with van der Waals surface area (Å²) in [5.41, 5.74) is 1.25. The van der Waals surface area contributed by atoms with Crippen LogP contribution in [0.3, 0.4) is 0 Å². The lowest BCUT2D eigenvalue weighted by molar-refractivity contribution is 0.0892. The first-order chi connectivity index (χ1) is 17.0. The Bertz CT molecular complexity index is 1110. The molecule has 4 rings (SSSR count). The molecule has 0 bridgehead atoms. The molecule has 0 saturated carbocycles. The summed E-state index contributed by atoms with van der Waals surface area (Å²) in [6.45, 7) is 8.03. The molecule has 3 aromatic rings. The number of carbonyl (C=O) groups is 1. The van der Waals surface area contributed by atoms with Gasteiger partial charge < -0.3 is 23.8 Å². The predicted octanol–water partition coefficient (Wildman–Crippen LogP) is 3.60. The number of nitrogens with one attached hydrogen (secondary N) is 1. The van der Waals surface area contributed by atoms with Gasteiger partial charge in [0.2, 0.25) is 0 Å². The van der Waals surface area contributed by atoms with Gasteiger partial charge >= 0.3 is 0 Å². The largest absolute Gasteiger partial charge is 0.497 e. The summed E-state index contributed by atoms with van der Waals surface area (Å²) in [7, 11) is 3.27. The van der Waals surface area contributed by atoms with E-state index in [1.54, 1.807) is 26.4 Å². The first-order valence-corrected chi connectivity index (χ1v) is 12.1. The maximum absolute atomic E-state index is 13.0. The van der Waals surface area contributed by atoms with Crippen molar-refractivity contribution in [2.24, 2.45) is 5.92 Å². The number of ether oxygens (including phenoxy) is 2. The molecule has 1 aliphatic heterocycles. The van der Waals surface area contributed by atoms with Crippen molar-refractivity contribution >= 4 is 5.91 Å². The Kier molecular flexibility index (Phi) is 8.20. The SMILES string of the molecule is COCc1ccc(C(=O)N[C@H](CC(C)C)c2nnc3n2CCN(Cc2ccc(OC)cc2)CC3)o1. The molecule has 35 heavy (non-hydrogen) atoms. The highest BCUT2D eigenvalue weighted by atomic mass is 16.5. The monoisotopic (exact) mass is 481 g/mol. The topological polar surface area (TPSA) is 94.6 Å². The molecule has 2 aromatic heterocycles. The summed E-state index contributed by atoms with van der Waals surface area (Å²) in [6, 6.07) is 11.4. The molecule has 0 radical (unpaired) electrons. The average Bonchev–Trinajstić information content (AvgIpc) is 3.43. The summed E-state index contributed by atoms with van der Waals surface area (Å²) in [5, 5.41) is 12.1. The molecule has 0 fully saturated rings. The number of benzene rings is 1. The molecule has 1 aliphatic rings. The number of hydrogen-bond acceptors (Lipinski definition) is 7. The summed E-state index contributed by atoms with van der Waals surface area (Å²) in [5.74, 6) is 3.62. The number of aromatic nitrogens is 3. The summed E-state index contributed by atoms with van der Waals surface area (Å²) in [6.07, 6.45) is 1.56. The third kappa shape index (κ3) is 6.29. The average molecular weight is 482 g/mol. The van der Waals surface area contributed by atoms with E-state index in [0.717, 1.165) is 56.4 Å². The molecule has 0 saturated heterocycles. The summed E-state index contributed by atoms with van der Waals surface area (Å²) >= 11 is 0. The van der Waals surface area contributed by atoms with Gasteiger partial charge in [0, 0.05) is 39.7 Å². The highest BCUT2D eigenvalue weighted by Crippen LogP contribution is 2.24. The van der Waals surface area contributed by atoms with Gasteiger partial charge in [-0.05, 0) is 42.2 Å². The van der Waals surface area contributed by atoms with Gasteiger partial charge in [-0.1, -0.05) is 26.0 Å². The fourth-order valence-corrected chi connectivity index (χ4v) is 4.44. The molecule has 0 aliphatic carbocycles. The van der Waals surface area contributed by atoms with Crippen molar-refractivity contribution in [2.75, 3.05) is 27.3 Å². The molecule has 9 nitrogen and oxygen atoms in total. The minimum absolute atomic E-state index is 0.257. The maximum atomic E-state index is 13.0. The van der Waals surface area contributed by atoms with Gasteiger partial charge in [0.15, 0.2) is 11.6 Å². The van der Waals surface area contributed by atoms with Gasteiger partial charge in [0.05, 0.1) is 13.2 Å². The number of furan rings is 1. The van der Waals surface area contributed by atoms with Gasteiger partial charge in [-0.15, -0.1) is 10.2 Å². The lowest BCUT2D eigenvalue weighted by Gasteiger charge is -2.22. The van der Waals surface area contributed by atoms with Crippen molar-refractivity contribution < 1.29 is 18.7 Å². The third-order valence-electron chi connectivity index (χ3n) is 6.21. The van der Waals surface area contributed by atoms with Crippen LogP contribution < -0.4 is 10.1 Å². The molecule has 9 heteroatoms. The van der Waals surface area contributed by atoms with Crippen LogP contribution in [0.1, 0.15) is 59.8 Å². The smallest absolute Gasteiger partial charge is 0.287 e. The van der Waals surface area contributed by atoms with E-state index in [9.17, 15) is 4.79 Å². The van der Waals surface area contributed by atoms with Crippen molar-refractivity contribution in [2.45, 2.75) is 52.4 Å². The zero-order valence-corrected chi connectivity index (χ0v) is 21.0. The maximum Gasteiger partial charge on any atom is 0.287 e. The highest BCUT2D eigenvalue weighted by molar-refractivity contribution is 5.91. The minimum Gasteiger partial charge on any atom is -0.497 e. The van der Waals surface area contributed by atoms with Crippen molar-refractivity contribution in [1.29, 1.82) is 0 Å². The van der Waals surface area contributed by atoms with Crippen LogP contribution in [0.15, 0.2) is 40.8 Å². The van der Waals surface area contributed by atoms with E-state index in [2.05, 4.69) is 51.0 Å². The second-order valence-corrected chi connectivity index (χ2v) is 9.35. The normalized spacial score (nSPS) is 15.0. The molecule has 1 N–H and O–H groups in total. The van der Waals surface area contributed by atoms with Crippen LogP contribution >= 0.6 is 0 Å². The number of hydrogen-bond donors (Lipinski definition) is 1. The Morgan fingerprint density at radius 3 is 2.60 bits per heavy atom. The van der Waals surface area contributed by atoms with Crippen LogP contribution in [0.2, 0.25) is 0 Å². The Hall–Kier alpha value is -3.17. The number of amides is 1. The van der Waals surface area contributed by atoms with E-state index in [1.807, 2.05) is 12.1 Å². The Morgan fingerprint density at radius 1 is 1.09 bits per heavy atom. The highest BCUT2D eigenvalue weighted by Gasteiger charge is 2.27. The van der Waals surface area contributed by atoms with E-state index in [0.29, 0.717) is 18.3 Å². The van der Waals surface area contributed by atoms with Crippen LogP contribution in [-0.2, 0) is 30.9 Å². The Morgan fingerprint density at radius 2 is 1.89 bits per heavy atom. The van der Waals surface area contributed by atoms with Crippen LogP contribution in [-0.4, -0.2) is 52.9 Å². The quantitative estimate of drug-likeness (QED) is 0.473. The van der Waals surface area contributed by atoms with E-state index < -0.39 is 0 Å².